The van der Waals surface area contributed by atoms with E-state index in [1.165, 1.54) is 25.7 Å². The quantitative estimate of drug-likeness (QED) is 0.449. The molecule has 1 saturated heterocycles. The third kappa shape index (κ3) is 5.88. The van der Waals surface area contributed by atoms with Gasteiger partial charge in [0, 0.05) is 38.6 Å². The summed E-state index contributed by atoms with van der Waals surface area (Å²) in [4.78, 5) is 18.4. The molecule has 1 aliphatic heterocycles. The number of nitrogens with zero attached hydrogens (tertiary/aromatic N) is 2. The molecule has 0 saturated carbocycles. The molecule has 2 N–H and O–H groups in total. The van der Waals surface area contributed by atoms with E-state index in [1.807, 2.05) is 11.8 Å². The van der Waals surface area contributed by atoms with Crippen molar-refractivity contribution in [3.63, 3.8) is 0 Å². The first kappa shape index (κ1) is 17.8. The highest BCUT2D eigenvalue weighted by molar-refractivity contribution is 5.80. The first-order valence-electron chi connectivity index (χ1n) is 9.23. The van der Waals surface area contributed by atoms with Gasteiger partial charge in [0.1, 0.15) is 0 Å². The van der Waals surface area contributed by atoms with Gasteiger partial charge in [-0.15, -0.1) is 0 Å². The fraction of sp³-hybridized carbons (Fsp3) is 0.778. The molecule has 130 valence electrons. The minimum Gasteiger partial charge on any atom is -0.357 e. The lowest BCUT2D eigenvalue weighted by Crippen LogP contribution is -2.45. The minimum atomic E-state index is 0.250. The molecule has 2 aliphatic rings. The molecular weight excluding hydrogens is 288 g/mol. The number of hydrogen-bond donors (Lipinski definition) is 2. The fourth-order valence-electron chi connectivity index (χ4n) is 3.28. The standard InChI is InChI=1S/C18H32N4O/c1-3-17(23)22-13-11-16(14-22)21-18(19-4-2)20-12-10-15-8-6-5-7-9-15/h8,16H,3-7,9-14H2,1-2H3,(H2,19,20,21). The van der Waals surface area contributed by atoms with Crippen LogP contribution in [0.4, 0.5) is 0 Å². The van der Waals surface area contributed by atoms with Crippen molar-refractivity contribution in [2.45, 2.75) is 64.8 Å². The van der Waals surface area contributed by atoms with Gasteiger partial charge in [-0.1, -0.05) is 18.6 Å². The molecule has 1 heterocycles. The van der Waals surface area contributed by atoms with Crippen LogP contribution in [-0.4, -0.2) is 49.0 Å². The fourth-order valence-corrected chi connectivity index (χ4v) is 3.28. The van der Waals surface area contributed by atoms with Gasteiger partial charge in [0.25, 0.3) is 0 Å². The topological polar surface area (TPSA) is 56.7 Å². The van der Waals surface area contributed by atoms with Crippen molar-refractivity contribution >= 4 is 11.9 Å². The van der Waals surface area contributed by atoms with Crippen molar-refractivity contribution in [1.29, 1.82) is 0 Å². The van der Waals surface area contributed by atoms with E-state index in [1.54, 1.807) is 5.57 Å². The van der Waals surface area contributed by atoms with Gasteiger partial charge in [-0.3, -0.25) is 9.79 Å². The van der Waals surface area contributed by atoms with Gasteiger partial charge in [-0.05, 0) is 45.4 Å². The summed E-state index contributed by atoms with van der Waals surface area (Å²) >= 11 is 0. The Balaban J connectivity index is 1.79. The van der Waals surface area contributed by atoms with Crippen LogP contribution < -0.4 is 10.6 Å². The van der Waals surface area contributed by atoms with Gasteiger partial charge in [-0.25, -0.2) is 0 Å². The Kier molecular flexibility index (Phi) is 7.43. The molecule has 1 atom stereocenters. The monoisotopic (exact) mass is 320 g/mol. The normalized spacial score (nSPS) is 22.0. The number of carbonyl (C=O) groups excluding carboxylic acids is 1. The lowest BCUT2D eigenvalue weighted by molar-refractivity contribution is -0.129. The molecule has 5 heteroatoms. The molecule has 0 aromatic carbocycles. The highest BCUT2D eigenvalue weighted by Crippen LogP contribution is 2.19. The zero-order valence-electron chi connectivity index (χ0n) is 14.7. The molecule has 1 fully saturated rings. The highest BCUT2D eigenvalue weighted by Gasteiger charge is 2.25. The van der Waals surface area contributed by atoms with Gasteiger partial charge in [-0.2, -0.15) is 0 Å². The Morgan fingerprint density at radius 3 is 2.96 bits per heavy atom. The number of nitrogens with one attached hydrogen (secondary N) is 2. The summed E-state index contributed by atoms with van der Waals surface area (Å²) in [6.45, 7) is 7.36. The third-order valence-corrected chi connectivity index (χ3v) is 4.62. The molecule has 1 aliphatic carbocycles. The summed E-state index contributed by atoms with van der Waals surface area (Å²) in [5, 5.41) is 6.81. The predicted molar refractivity (Wildman–Crippen MR) is 95.6 cm³/mol. The van der Waals surface area contributed by atoms with E-state index in [2.05, 4.69) is 23.6 Å². The second-order valence-corrected chi connectivity index (χ2v) is 6.44. The van der Waals surface area contributed by atoms with Crippen LogP contribution in [0.25, 0.3) is 0 Å². The molecule has 0 radical (unpaired) electrons. The van der Waals surface area contributed by atoms with E-state index in [9.17, 15) is 4.79 Å². The van der Waals surface area contributed by atoms with E-state index < -0.39 is 0 Å². The number of aliphatic imine (C=N–C) groups is 1. The molecule has 0 aromatic heterocycles. The maximum absolute atomic E-state index is 11.8. The van der Waals surface area contributed by atoms with Crippen LogP contribution in [0, 0.1) is 0 Å². The summed E-state index contributed by atoms with van der Waals surface area (Å²) in [6, 6.07) is 0.317. The van der Waals surface area contributed by atoms with Crippen molar-refractivity contribution in [2.24, 2.45) is 4.99 Å². The van der Waals surface area contributed by atoms with E-state index in [0.717, 1.165) is 45.0 Å². The summed E-state index contributed by atoms with van der Waals surface area (Å²) in [5.74, 6) is 1.14. The summed E-state index contributed by atoms with van der Waals surface area (Å²) in [6.07, 6.45) is 10.2. The Morgan fingerprint density at radius 1 is 1.39 bits per heavy atom. The summed E-state index contributed by atoms with van der Waals surface area (Å²) in [5.41, 5.74) is 1.57. The Hall–Kier alpha value is -1.52. The smallest absolute Gasteiger partial charge is 0.222 e. The number of allylic oxidation sites excluding steroid dienone is 1. The molecule has 1 unspecified atom stereocenters. The lowest BCUT2D eigenvalue weighted by Gasteiger charge is -2.19. The molecule has 23 heavy (non-hydrogen) atoms. The molecule has 0 aromatic rings. The van der Waals surface area contributed by atoms with E-state index >= 15 is 0 Å². The van der Waals surface area contributed by atoms with Crippen LogP contribution >= 0.6 is 0 Å². The number of carbonyl (C=O) groups is 1. The molecule has 2 rings (SSSR count). The molecule has 5 nitrogen and oxygen atoms in total. The summed E-state index contributed by atoms with van der Waals surface area (Å²) < 4.78 is 0. The van der Waals surface area contributed by atoms with Crippen molar-refractivity contribution < 1.29 is 4.79 Å². The molecule has 1 amide bonds. The highest BCUT2D eigenvalue weighted by atomic mass is 16.2. The van der Waals surface area contributed by atoms with Gasteiger partial charge in [0.05, 0.1) is 0 Å². The first-order valence-corrected chi connectivity index (χ1v) is 9.23. The Labute approximate surface area is 140 Å². The van der Waals surface area contributed by atoms with Crippen LogP contribution in [0.2, 0.25) is 0 Å². The Morgan fingerprint density at radius 2 is 2.26 bits per heavy atom. The minimum absolute atomic E-state index is 0.250. The molecular formula is C18H32N4O. The average molecular weight is 320 g/mol. The average Bonchev–Trinajstić information content (AvgIpc) is 3.04. The van der Waals surface area contributed by atoms with Crippen molar-refractivity contribution in [3.05, 3.63) is 11.6 Å². The van der Waals surface area contributed by atoms with Crippen LogP contribution in [0.1, 0.15) is 58.8 Å². The third-order valence-electron chi connectivity index (χ3n) is 4.62. The number of guanidine groups is 1. The Bertz CT molecular complexity index is 444. The zero-order chi connectivity index (χ0) is 16.5. The molecule has 0 bridgehead atoms. The van der Waals surface area contributed by atoms with E-state index in [4.69, 9.17) is 4.99 Å². The van der Waals surface area contributed by atoms with Gasteiger partial charge < -0.3 is 15.5 Å². The largest absolute Gasteiger partial charge is 0.357 e. The van der Waals surface area contributed by atoms with Gasteiger partial charge >= 0.3 is 0 Å². The van der Waals surface area contributed by atoms with Crippen LogP contribution in [-0.2, 0) is 4.79 Å². The van der Waals surface area contributed by atoms with Crippen LogP contribution in [0.3, 0.4) is 0 Å². The van der Waals surface area contributed by atoms with Gasteiger partial charge in [0.2, 0.25) is 5.91 Å². The SMILES string of the molecule is CCNC(=NCCC1=CCCCC1)NC1CCN(C(=O)CC)C1. The van der Waals surface area contributed by atoms with Crippen molar-refractivity contribution in [2.75, 3.05) is 26.2 Å². The zero-order valence-corrected chi connectivity index (χ0v) is 14.7. The van der Waals surface area contributed by atoms with E-state index in [0.29, 0.717) is 12.5 Å². The maximum Gasteiger partial charge on any atom is 0.222 e. The molecule has 0 spiro atoms. The van der Waals surface area contributed by atoms with Crippen LogP contribution in [0.15, 0.2) is 16.6 Å². The predicted octanol–water partition coefficient (Wildman–Crippen LogP) is 2.44. The number of rotatable bonds is 6. The lowest BCUT2D eigenvalue weighted by atomic mass is 9.97. The van der Waals surface area contributed by atoms with Crippen LogP contribution in [0.5, 0.6) is 0 Å². The second-order valence-electron chi connectivity index (χ2n) is 6.44. The van der Waals surface area contributed by atoms with Crippen molar-refractivity contribution in [3.8, 4) is 0 Å². The number of hydrogen-bond acceptors (Lipinski definition) is 2. The second kappa shape index (κ2) is 9.58. The summed E-state index contributed by atoms with van der Waals surface area (Å²) in [7, 11) is 0. The van der Waals surface area contributed by atoms with Crippen molar-refractivity contribution in [1.82, 2.24) is 15.5 Å². The first-order chi connectivity index (χ1) is 11.2. The maximum atomic E-state index is 11.8. The van der Waals surface area contributed by atoms with Gasteiger partial charge in [0.15, 0.2) is 5.96 Å². The van der Waals surface area contributed by atoms with E-state index in [-0.39, 0.29) is 5.91 Å². The number of likely N-dealkylation sites (tertiary alicyclic amines) is 1. The number of amides is 1.